The van der Waals surface area contributed by atoms with Crippen molar-refractivity contribution in [1.82, 2.24) is 20.9 Å². The minimum absolute atomic E-state index is 0.0700. The van der Waals surface area contributed by atoms with Crippen LogP contribution in [0.4, 0.5) is 8.78 Å². The quantitative estimate of drug-likeness (QED) is 0.156. The Hall–Kier alpha value is -3.06. The van der Waals surface area contributed by atoms with Crippen molar-refractivity contribution in [2.75, 3.05) is 0 Å². The Morgan fingerprint density at radius 1 is 1.22 bits per heavy atom. The standard InChI is InChI=1S/C25H35F2N5/c1-7-9-12-19(4)30-25(6,32-24(28)18(3)8-2)31-20(5)15-21(26)16-22(27)17-23-13-10-11-14-29-23/h7-16,20,30-31H,17H2,1-6H3,(H2,28,32)/b9-7-,18-8-,19-12-,21-15+,22-16+. The van der Waals surface area contributed by atoms with E-state index in [2.05, 4.69) is 20.9 Å². The zero-order chi connectivity index (χ0) is 24.1. The molecule has 2 atom stereocenters. The summed E-state index contributed by atoms with van der Waals surface area (Å²) in [7, 11) is 0. The lowest BCUT2D eigenvalue weighted by atomic mass is 10.2. The molecule has 32 heavy (non-hydrogen) atoms. The Bertz CT molecular complexity index is 900. The normalized spacial score (nSPS) is 16.6. The van der Waals surface area contributed by atoms with Gasteiger partial charge in [0.25, 0.3) is 0 Å². The van der Waals surface area contributed by atoms with Gasteiger partial charge in [0.1, 0.15) is 17.5 Å². The first kappa shape index (κ1) is 27.0. The molecule has 0 saturated heterocycles. The lowest BCUT2D eigenvalue weighted by Gasteiger charge is -2.37. The molecule has 7 heteroatoms. The van der Waals surface area contributed by atoms with Crippen molar-refractivity contribution in [2.24, 2.45) is 0 Å². The largest absolute Gasteiger partial charge is 0.354 e. The molecule has 4 N–H and O–H groups in total. The predicted molar refractivity (Wildman–Crippen MR) is 129 cm³/mol. The van der Waals surface area contributed by atoms with Gasteiger partial charge in [0.2, 0.25) is 0 Å². The molecular weight excluding hydrogens is 408 g/mol. The van der Waals surface area contributed by atoms with Crippen molar-refractivity contribution in [2.45, 2.75) is 59.8 Å². The fraction of sp³-hybridized carbons (Fsp3) is 0.360. The Morgan fingerprint density at radius 3 is 2.53 bits per heavy atom. The first-order chi connectivity index (χ1) is 15.1. The highest BCUT2D eigenvalue weighted by Crippen LogP contribution is 2.13. The summed E-state index contributed by atoms with van der Waals surface area (Å²) in [5.41, 5.74) is 2.14. The smallest absolute Gasteiger partial charge is 0.162 e. The van der Waals surface area contributed by atoms with Crippen LogP contribution in [0.15, 0.2) is 83.8 Å². The molecular formula is C25H35F2N5. The van der Waals surface area contributed by atoms with Crippen LogP contribution in [0, 0.1) is 5.41 Å². The van der Waals surface area contributed by atoms with Crippen molar-refractivity contribution in [1.29, 1.82) is 5.41 Å². The summed E-state index contributed by atoms with van der Waals surface area (Å²) in [6, 6.07) is 4.71. The summed E-state index contributed by atoms with van der Waals surface area (Å²) in [5.74, 6) is -2.04. The molecule has 0 saturated carbocycles. The minimum atomic E-state index is -0.962. The maximum absolute atomic E-state index is 14.4. The van der Waals surface area contributed by atoms with Crippen molar-refractivity contribution >= 4 is 5.84 Å². The van der Waals surface area contributed by atoms with Gasteiger partial charge in [-0.05, 0) is 71.4 Å². The number of aromatic nitrogens is 1. The molecule has 0 spiro atoms. The van der Waals surface area contributed by atoms with E-state index in [1.54, 1.807) is 31.3 Å². The van der Waals surface area contributed by atoms with Crippen LogP contribution in [0.5, 0.6) is 0 Å². The van der Waals surface area contributed by atoms with Crippen LogP contribution in [0.2, 0.25) is 0 Å². The Morgan fingerprint density at radius 2 is 1.94 bits per heavy atom. The van der Waals surface area contributed by atoms with E-state index in [0.29, 0.717) is 5.69 Å². The maximum Gasteiger partial charge on any atom is 0.162 e. The average molecular weight is 444 g/mol. The third-order valence-electron chi connectivity index (χ3n) is 4.48. The number of nitrogens with zero attached hydrogens (tertiary/aromatic N) is 1. The summed E-state index contributed by atoms with van der Waals surface area (Å²) in [6.45, 7) is 11.1. The second-order valence-corrected chi connectivity index (χ2v) is 7.67. The van der Waals surface area contributed by atoms with E-state index in [1.807, 2.05) is 58.9 Å². The van der Waals surface area contributed by atoms with Crippen LogP contribution in [0.25, 0.3) is 0 Å². The van der Waals surface area contributed by atoms with Gasteiger partial charge in [-0.15, -0.1) is 0 Å². The van der Waals surface area contributed by atoms with E-state index in [-0.39, 0.29) is 12.3 Å². The molecule has 0 aromatic carbocycles. The van der Waals surface area contributed by atoms with Crippen molar-refractivity contribution in [3.8, 4) is 0 Å². The molecule has 0 aliphatic rings. The van der Waals surface area contributed by atoms with Crippen LogP contribution >= 0.6 is 0 Å². The van der Waals surface area contributed by atoms with Crippen LogP contribution in [0.3, 0.4) is 0 Å². The molecule has 0 amide bonds. The van der Waals surface area contributed by atoms with Gasteiger partial charge in [0, 0.05) is 36.1 Å². The molecule has 0 radical (unpaired) electrons. The number of allylic oxidation sites excluding steroid dienone is 8. The fourth-order valence-corrected chi connectivity index (χ4v) is 2.93. The molecule has 5 nitrogen and oxygen atoms in total. The summed E-state index contributed by atoms with van der Waals surface area (Å²) < 4.78 is 28.6. The lowest BCUT2D eigenvalue weighted by molar-refractivity contribution is 0.267. The highest BCUT2D eigenvalue weighted by atomic mass is 19.1. The number of halogens is 2. The second kappa shape index (κ2) is 13.4. The lowest BCUT2D eigenvalue weighted by Crippen LogP contribution is -2.67. The van der Waals surface area contributed by atoms with Crippen molar-refractivity contribution in [3.63, 3.8) is 0 Å². The summed E-state index contributed by atoms with van der Waals surface area (Å²) in [5, 5.41) is 17.9. The van der Waals surface area contributed by atoms with Gasteiger partial charge in [-0.1, -0.05) is 24.3 Å². The molecule has 0 aliphatic carbocycles. The third kappa shape index (κ3) is 10.3. The van der Waals surface area contributed by atoms with E-state index in [9.17, 15) is 8.78 Å². The highest BCUT2D eigenvalue weighted by Gasteiger charge is 2.26. The molecule has 0 bridgehead atoms. The third-order valence-corrected chi connectivity index (χ3v) is 4.48. The SMILES string of the molecule is C/C=C\C=C(\C)NC(C)(NC(=N)/C(C)=C\C)NC(C)/C=C(F)\C=C(\F)Cc1ccccn1. The molecule has 2 unspecified atom stereocenters. The van der Waals surface area contributed by atoms with Gasteiger partial charge in [0.15, 0.2) is 5.79 Å². The fourth-order valence-electron chi connectivity index (χ4n) is 2.93. The van der Waals surface area contributed by atoms with Gasteiger partial charge in [-0.2, -0.15) is 0 Å². The molecule has 1 aromatic heterocycles. The van der Waals surface area contributed by atoms with Crippen molar-refractivity contribution < 1.29 is 8.78 Å². The number of hydrogen-bond acceptors (Lipinski definition) is 4. The van der Waals surface area contributed by atoms with Gasteiger partial charge in [-0.3, -0.25) is 15.7 Å². The minimum Gasteiger partial charge on any atom is -0.354 e. The van der Waals surface area contributed by atoms with Gasteiger partial charge in [0.05, 0.1) is 0 Å². The molecule has 0 aliphatic heterocycles. The van der Waals surface area contributed by atoms with Crippen LogP contribution in [-0.4, -0.2) is 22.6 Å². The maximum atomic E-state index is 14.4. The highest BCUT2D eigenvalue weighted by molar-refractivity contribution is 5.95. The first-order valence-electron chi connectivity index (χ1n) is 10.6. The molecule has 0 fully saturated rings. The zero-order valence-corrected chi connectivity index (χ0v) is 19.8. The number of rotatable bonds is 11. The van der Waals surface area contributed by atoms with Crippen LogP contribution < -0.4 is 16.0 Å². The monoisotopic (exact) mass is 443 g/mol. The summed E-state index contributed by atoms with van der Waals surface area (Å²) >= 11 is 0. The molecule has 174 valence electrons. The zero-order valence-electron chi connectivity index (χ0n) is 19.8. The second-order valence-electron chi connectivity index (χ2n) is 7.67. The number of amidine groups is 1. The van der Waals surface area contributed by atoms with Gasteiger partial charge >= 0.3 is 0 Å². The molecule has 1 aromatic rings. The van der Waals surface area contributed by atoms with E-state index in [0.717, 1.165) is 17.3 Å². The number of hydrogen-bond donors (Lipinski definition) is 4. The first-order valence-corrected chi connectivity index (χ1v) is 10.6. The van der Waals surface area contributed by atoms with E-state index in [1.165, 1.54) is 6.08 Å². The van der Waals surface area contributed by atoms with Gasteiger partial charge in [-0.25, -0.2) is 8.78 Å². The summed E-state index contributed by atoms with van der Waals surface area (Å²) in [4.78, 5) is 4.05. The van der Waals surface area contributed by atoms with Crippen LogP contribution in [-0.2, 0) is 6.42 Å². The number of nitrogens with one attached hydrogen (secondary N) is 4. The predicted octanol–water partition coefficient (Wildman–Crippen LogP) is 5.59. The van der Waals surface area contributed by atoms with Crippen molar-refractivity contribution in [3.05, 3.63) is 89.5 Å². The Labute approximate surface area is 190 Å². The Balaban J connectivity index is 2.98. The molecule has 1 heterocycles. The summed E-state index contributed by atoms with van der Waals surface area (Å²) in [6.07, 6.45) is 11.2. The van der Waals surface area contributed by atoms with E-state index >= 15 is 0 Å². The van der Waals surface area contributed by atoms with E-state index < -0.39 is 23.5 Å². The topological polar surface area (TPSA) is 72.8 Å². The Kier molecular flexibility index (Phi) is 11.3. The van der Waals surface area contributed by atoms with Gasteiger partial charge < -0.3 is 10.6 Å². The van der Waals surface area contributed by atoms with E-state index in [4.69, 9.17) is 5.41 Å². The van der Waals surface area contributed by atoms with Crippen LogP contribution in [0.1, 0.15) is 47.2 Å². The molecule has 1 rings (SSSR count). The number of pyridine rings is 1. The average Bonchev–Trinajstić information content (AvgIpc) is 2.71.